The van der Waals surface area contributed by atoms with Gasteiger partial charge in [0, 0.05) is 38.0 Å². The molecule has 0 unspecified atom stereocenters. The quantitative estimate of drug-likeness (QED) is 0.838. The zero-order valence-electron chi connectivity index (χ0n) is 12.8. The highest BCUT2D eigenvalue weighted by Gasteiger charge is 2.20. The molecule has 1 saturated heterocycles. The van der Waals surface area contributed by atoms with Crippen LogP contribution in [0.1, 0.15) is 38.7 Å². The number of hydrogen-bond acceptors (Lipinski definition) is 3. The van der Waals surface area contributed by atoms with Gasteiger partial charge in [-0.15, -0.1) is 0 Å². The Kier molecular flexibility index (Phi) is 5.86. The molecule has 1 aliphatic rings. The van der Waals surface area contributed by atoms with E-state index < -0.39 is 0 Å². The summed E-state index contributed by atoms with van der Waals surface area (Å²) in [6.45, 7) is 7.86. The van der Waals surface area contributed by atoms with Gasteiger partial charge in [-0.3, -0.25) is 0 Å². The normalized spacial score (nSPS) is 16.9. The van der Waals surface area contributed by atoms with E-state index in [2.05, 4.69) is 48.3 Å². The number of anilines is 1. The largest absolute Gasteiger partial charge is 0.396 e. The number of aliphatic hydroxyl groups is 1. The van der Waals surface area contributed by atoms with Gasteiger partial charge in [0.2, 0.25) is 0 Å². The summed E-state index contributed by atoms with van der Waals surface area (Å²) in [6.07, 6.45) is 3.36. The van der Waals surface area contributed by atoms with Crippen molar-refractivity contribution in [3.05, 3.63) is 29.8 Å². The Bertz CT molecular complexity index is 398. The SMILES string of the molecule is CC(C)NCc1ccccc1N1CCC(CCO)CC1. The molecule has 20 heavy (non-hydrogen) atoms. The van der Waals surface area contributed by atoms with Crippen molar-refractivity contribution in [2.24, 2.45) is 5.92 Å². The van der Waals surface area contributed by atoms with Gasteiger partial charge in [0.25, 0.3) is 0 Å². The summed E-state index contributed by atoms with van der Waals surface area (Å²) in [6, 6.07) is 9.24. The van der Waals surface area contributed by atoms with Crippen molar-refractivity contribution in [3.63, 3.8) is 0 Å². The number of nitrogens with one attached hydrogen (secondary N) is 1. The number of nitrogens with zero attached hydrogens (tertiary/aromatic N) is 1. The highest BCUT2D eigenvalue weighted by Crippen LogP contribution is 2.27. The summed E-state index contributed by atoms with van der Waals surface area (Å²) in [4.78, 5) is 2.51. The van der Waals surface area contributed by atoms with E-state index in [0.717, 1.165) is 26.1 Å². The molecule has 3 nitrogen and oxygen atoms in total. The molecule has 112 valence electrons. The number of rotatable bonds is 6. The minimum Gasteiger partial charge on any atom is -0.396 e. The van der Waals surface area contributed by atoms with Crippen molar-refractivity contribution in [2.45, 2.75) is 45.7 Å². The van der Waals surface area contributed by atoms with Gasteiger partial charge < -0.3 is 15.3 Å². The van der Waals surface area contributed by atoms with Crippen LogP contribution in [-0.4, -0.2) is 30.8 Å². The van der Waals surface area contributed by atoms with E-state index in [0.29, 0.717) is 18.6 Å². The van der Waals surface area contributed by atoms with Gasteiger partial charge >= 0.3 is 0 Å². The fourth-order valence-corrected chi connectivity index (χ4v) is 2.93. The van der Waals surface area contributed by atoms with Gasteiger partial charge in [0.05, 0.1) is 0 Å². The highest BCUT2D eigenvalue weighted by molar-refractivity contribution is 5.53. The summed E-state index contributed by atoms with van der Waals surface area (Å²) in [5, 5.41) is 12.6. The van der Waals surface area contributed by atoms with E-state index in [1.54, 1.807) is 0 Å². The smallest absolute Gasteiger partial charge is 0.0433 e. The average molecular weight is 276 g/mol. The Morgan fingerprint density at radius 1 is 1.25 bits per heavy atom. The van der Waals surface area contributed by atoms with Crippen molar-refractivity contribution < 1.29 is 5.11 Å². The van der Waals surface area contributed by atoms with Gasteiger partial charge in [-0.1, -0.05) is 32.0 Å². The molecule has 1 fully saturated rings. The Balaban J connectivity index is 1.98. The molecule has 0 atom stereocenters. The summed E-state index contributed by atoms with van der Waals surface area (Å²) in [7, 11) is 0. The maximum absolute atomic E-state index is 9.05. The van der Waals surface area contributed by atoms with E-state index >= 15 is 0 Å². The Labute approximate surface area is 123 Å². The Morgan fingerprint density at radius 2 is 1.95 bits per heavy atom. The van der Waals surface area contributed by atoms with E-state index in [4.69, 9.17) is 5.11 Å². The van der Waals surface area contributed by atoms with Crippen LogP contribution in [0.15, 0.2) is 24.3 Å². The maximum Gasteiger partial charge on any atom is 0.0433 e. The van der Waals surface area contributed by atoms with Crippen molar-refractivity contribution in [2.75, 3.05) is 24.6 Å². The van der Waals surface area contributed by atoms with E-state index in [1.165, 1.54) is 24.1 Å². The van der Waals surface area contributed by atoms with Gasteiger partial charge in [-0.2, -0.15) is 0 Å². The van der Waals surface area contributed by atoms with Gasteiger partial charge in [0.15, 0.2) is 0 Å². The molecule has 1 heterocycles. The summed E-state index contributed by atoms with van der Waals surface area (Å²) < 4.78 is 0. The van der Waals surface area contributed by atoms with E-state index in [1.807, 2.05) is 0 Å². The van der Waals surface area contributed by atoms with Gasteiger partial charge in [-0.05, 0) is 36.8 Å². The van der Waals surface area contributed by atoms with Crippen LogP contribution in [0.4, 0.5) is 5.69 Å². The second-order valence-corrected chi connectivity index (χ2v) is 6.11. The zero-order chi connectivity index (χ0) is 14.4. The first-order valence-corrected chi connectivity index (χ1v) is 7.87. The molecule has 2 rings (SSSR count). The van der Waals surface area contributed by atoms with Crippen molar-refractivity contribution in [1.82, 2.24) is 5.32 Å². The number of benzene rings is 1. The minimum absolute atomic E-state index is 0.333. The zero-order valence-corrected chi connectivity index (χ0v) is 12.8. The third-order valence-electron chi connectivity index (χ3n) is 4.18. The fraction of sp³-hybridized carbons (Fsp3) is 0.647. The van der Waals surface area contributed by atoms with Crippen LogP contribution in [-0.2, 0) is 6.54 Å². The first kappa shape index (κ1) is 15.3. The summed E-state index contributed by atoms with van der Waals surface area (Å²) >= 11 is 0. The lowest BCUT2D eigenvalue weighted by Crippen LogP contribution is -2.35. The topological polar surface area (TPSA) is 35.5 Å². The van der Waals surface area contributed by atoms with Crippen LogP contribution in [0.5, 0.6) is 0 Å². The predicted octanol–water partition coefficient (Wildman–Crippen LogP) is 2.78. The highest BCUT2D eigenvalue weighted by atomic mass is 16.3. The van der Waals surface area contributed by atoms with Crippen LogP contribution in [0.2, 0.25) is 0 Å². The Morgan fingerprint density at radius 3 is 2.60 bits per heavy atom. The molecule has 2 N–H and O–H groups in total. The van der Waals surface area contributed by atoms with Crippen LogP contribution in [0.3, 0.4) is 0 Å². The number of para-hydroxylation sites is 1. The molecule has 1 aromatic carbocycles. The molecule has 0 aromatic heterocycles. The first-order valence-electron chi connectivity index (χ1n) is 7.87. The molecule has 0 radical (unpaired) electrons. The predicted molar refractivity (Wildman–Crippen MR) is 85.1 cm³/mol. The van der Waals surface area contributed by atoms with Crippen molar-refractivity contribution in [3.8, 4) is 0 Å². The first-order chi connectivity index (χ1) is 9.70. The monoisotopic (exact) mass is 276 g/mol. The molecular weight excluding hydrogens is 248 g/mol. The van der Waals surface area contributed by atoms with E-state index in [-0.39, 0.29) is 0 Å². The molecule has 0 bridgehead atoms. The number of piperidine rings is 1. The number of aliphatic hydroxyl groups excluding tert-OH is 1. The standard InChI is InChI=1S/C17H28N2O/c1-14(2)18-13-16-5-3-4-6-17(16)19-10-7-15(8-11-19)9-12-20/h3-6,14-15,18,20H,7-13H2,1-2H3. The van der Waals surface area contributed by atoms with Crippen LogP contribution in [0, 0.1) is 5.92 Å². The molecule has 0 spiro atoms. The van der Waals surface area contributed by atoms with Gasteiger partial charge in [0.1, 0.15) is 0 Å². The molecule has 0 amide bonds. The molecule has 1 aromatic rings. The molecular formula is C17H28N2O. The van der Waals surface area contributed by atoms with Crippen molar-refractivity contribution in [1.29, 1.82) is 0 Å². The third-order valence-corrected chi connectivity index (χ3v) is 4.18. The number of hydrogen-bond donors (Lipinski definition) is 2. The summed E-state index contributed by atoms with van der Waals surface area (Å²) in [5.74, 6) is 0.706. The van der Waals surface area contributed by atoms with Crippen LogP contribution < -0.4 is 10.2 Å². The third kappa shape index (κ3) is 4.22. The molecule has 0 saturated carbocycles. The minimum atomic E-state index is 0.333. The van der Waals surface area contributed by atoms with Gasteiger partial charge in [-0.25, -0.2) is 0 Å². The maximum atomic E-state index is 9.05. The summed E-state index contributed by atoms with van der Waals surface area (Å²) in [5.41, 5.74) is 2.77. The van der Waals surface area contributed by atoms with E-state index in [9.17, 15) is 0 Å². The van der Waals surface area contributed by atoms with Crippen LogP contribution in [0.25, 0.3) is 0 Å². The molecule has 0 aliphatic carbocycles. The fourth-order valence-electron chi connectivity index (χ4n) is 2.93. The molecule has 3 heteroatoms. The van der Waals surface area contributed by atoms with Crippen molar-refractivity contribution >= 4 is 5.69 Å². The lowest BCUT2D eigenvalue weighted by atomic mass is 9.93. The lowest BCUT2D eigenvalue weighted by Gasteiger charge is -2.34. The Hall–Kier alpha value is -1.06. The lowest BCUT2D eigenvalue weighted by molar-refractivity contribution is 0.240. The molecule has 1 aliphatic heterocycles. The van der Waals surface area contributed by atoms with Crippen LogP contribution >= 0.6 is 0 Å². The second-order valence-electron chi connectivity index (χ2n) is 6.11. The second kappa shape index (κ2) is 7.65. The average Bonchev–Trinajstić information content (AvgIpc) is 2.47.